The number of amides is 3. The molecular weight excluding hydrogens is 406 g/mol. The molecule has 0 unspecified atom stereocenters. The van der Waals surface area contributed by atoms with Crippen molar-refractivity contribution < 1.29 is 24.3 Å². The van der Waals surface area contributed by atoms with Crippen LogP contribution in [0.5, 0.6) is 0 Å². The summed E-state index contributed by atoms with van der Waals surface area (Å²) >= 11 is 4.47. The Bertz CT molecular complexity index is 700. The summed E-state index contributed by atoms with van der Waals surface area (Å²) in [5.74, 6) is -1.50. The van der Waals surface area contributed by atoms with Crippen LogP contribution >= 0.6 is 12.6 Å². The van der Waals surface area contributed by atoms with Crippen LogP contribution in [0.3, 0.4) is 0 Å². The summed E-state index contributed by atoms with van der Waals surface area (Å²) in [5, 5.41) is 8.77. The Labute approximate surface area is 183 Å². The fraction of sp³-hybridized carbons (Fsp3) is 0.810. The molecule has 1 N–H and O–H groups in total. The van der Waals surface area contributed by atoms with Gasteiger partial charge >= 0.3 is 5.97 Å². The van der Waals surface area contributed by atoms with Crippen LogP contribution < -0.4 is 0 Å². The number of rotatable bonds is 6. The summed E-state index contributed by atoms with van der Waals surface area (Å²) in [6.45, 7) is 5.74. The highest BCUT2D eigenvalue weighted by Crippen LogP contribution is 2.29. The first-order valence-corrected chi connectivity index (χ1v) is 11.5. The maximum atomic E-state index is 13.4. The van der Waals surface area contributed by atoms with Gasteiger partial charge in [-0.25, -0.2) is 0 Å². The molecule has 3 saturated heterocycles. The Morgan fingerprint density at radius 2 is 1.53 bits per heavy atom. The molecule has 0 radical (unpaired) electrons. The molecule has 3 rings (SSSR count). The zero-order valence-electron chi connectivity index (χ0n) is 17.8. The number of thiol groups is 1. The standard InChI is InChI=1S/C21H33N3O5S/c1-13(2)11-17(30)20(27)24-9-4-6-16(24)19(26)23-8-3-5-15(23)18(25)22-10-7-14(12-22)21(28)29/h13-17,30H,3-12H2,1-2H3,(H,28,29)/t14-,15-,16-,17-/m0/s1. The SMILES string of the molecule is CC(C)C[C@H](S)C(=O)N1CCC[C@H]1C(=O)N1CCC[C@H]1C(=O)N1CC[C@H](C(=O)O)C1. The third kappa shape index (κ3) is 4.76. The lowest BCUT2D eigenvalue weighted by Gasteiger charge is -2.33. The largest absolute Gasteiger partial charge is 0.481 e. The maximum absolute atomic E-state index is 13.4. The van der Waals surface area contributed by atoms with Crippen LogP contribution in [0.15, 0.2) is 0 Å². The van der Waals surface area contributed by atoms with Gasteiger partial charge in [0, 0.05) is 26.2 Å². The molecule has 168 valence electrons. The van der Waals surface area contributed by atoms with Crippen molar-refractivity contribution in [1.29, 1.82) is 0 Å². The molecule has 0 saturated carbocycles. The molecule has 3 aliphatic heterocycles. The third-order valence-corrected chi connectivity index (χ3v) is 6.90. The molecule has 9 heteroatoms. The maximum Gasteiger partial charge on any atom is 0.308 e. The second kappa shape index (κ2) is 9.58. The minimum atomic E-state index is -0.882. The first-order chi connectivity index (χ1) is 14.2. The normalized spacial score (nSPS) is 27.7. The van der Waals surface area contributed by atoms with E-state index in [9.17, 15) is 24.3 Å². The molecule has 3 aliphatic rings. The van der Waals surface area contributed by atoms with Crippen molar-refractivity contribution in [2.75, 3.05) is 26.2 Å². The van der Waals surface area contributed by atoms with E-state index < -0.39 is 29.2 Å². The predicted octanol–water partition coefficient (Wildman–Crippen LogP) is 1.25. The van der Waals surface area contributed by atoms with Crippen molar-refractivity contribution in [2.45, 2.75) is 69.7 Å². The van der Waals surface area contributed by atoms with Crippen molar-refractivity contribution in [3.05, 3.63) is 0 Å². The van der Waals surface area contributed by atoms with E-state index in [4.69, 9.17) is 0 Å². The van der Waals surface area contributed by atoms with E-state index in [0.717, 1.165) is 12.8 Å². The van der Waals surface area contributed by atoms with Gasteiger partial charge in [-0.05, 0) is 44.4 Å². The lowest BCUT2D eigenvalue weighted by Crippen LogP contribution is -2.54. The van der Waals surface area contributed by atoms with Crippen LogP contribution in [0.1, 0.15) is 52.4 Å². The second-order valence-electron chi connectivity index (χ2n) is 9.13. The van der Waals surface area contributed by atoms with Gasteiger partial charge in [-0.2, -0.15) is 12.6 Å². The monoisotopic (exact) mass is 439 g/mol. The number of carboxylic acid groups (broad SMARTS) is 1. The molecule has 8 nitrogen and oxygen atoms in total. The van der Waals surface area contributed by atoms with Crippen LogP contribution in [0, 0.1) is 11.8 Å². The molecule has 0 aromatic heterocycles. The lowest BCUT2D eigenvalue weighted by atomic mass is 10.1. The fourth-order valence-electron chi connectivity index (χ4n) is 4.88. The van der Waals surface area contributed by atoms with Gasteiger partial charge in [0.2, 0.25) is 17.7 Å². The molecule has 3 heterocycles. The highest BCUT2D eigenvalue weighted by Gasteiger charge is 2.44. The molecule has 4 atom stereocenters. The summed E-state index contributed by atoms with van der Waals surface area (Å²) in [6, 6.07) is -1.08. The number of nitrogens with zero attached hydrogens (tertiary/aromatic N) is 3. The van der Waals surface area contributed by atoms with Crippen molar-refractivity contribution >= 4 is 36.3 Å². The minimum absolute atomic E-state index is 0.103. The summed E-state index contributed by atoms with van der Waals surface area (Å²) in [7, 11) is 0. The van der Waals surface area contributed by atoms with E-state index in [2.05, 4.69) is 12.6 Å². The number of carbonyl (C=O) groups excluding carboxylic acids is 3. The number of carbonyl (C=O) groups is 4. The molecule has 0 aromatic rings. The summed E-state index contributed by atoms with van der Waals surface area (Å²) < 4.78 is 0. The van der Waals surface area contributed by atoms with Gasteiger partial charge in [0.1, 0.15) is 12.1 Å². The number of hydrogen-bond acceptors (Lipinski definition) is 5. The molecule has 0 aliphatic carbocycles. The first-order valence-electron chi connectivity index (χ1n) is 11.0. The number of likely N-dealkylation sites (tertiary alicyclic amines) is 3. The molecule has 0 spiro atoms. The van der Waals surface area contributed by atoms with Gasteiger partial charge in [0.25, 0.3) is 0 Å². The van der Waals surface area contributed by atoms with Crippen molar-refractivity contribution in [3.8, 4) is 0 Å². The Morgan fingerprint density at radius 1 is 0.933 bits per heavy atom. The number of hydrogen-bond donors (Lipinski definition) is 2. The average molecular weight is 440 g/mol. The van der Waals surface area contributed by atoms with Gasteiger partial charge < -0.3 is 19.8 Å². The highest BCUT2D eigenvalue weighted by atomic mass is 32.1. The van der Waals surface area contributed by atoms with E-state index in [1.54, 1.807) is 14.7 Å². The van der Waals surface area contributed by atoms with Gasteiger partial charge in [-0.1, -0.05) is 13.8 Å². The van der Waals surface area contributed by atoms with Crippen molar-refractivity contribution in [1.82, 2.24) is 14.7 Å². The quantitative estimate of drug-likeness (QED) is 0.607. The molecule has 3 amide bonds. The Kier molecular flexibility index (Phi) is 7.31. The molecule has 3 fully saturated rings. The van der Waals surface area contributed by atoms with Crippen molar-refractivity contribution in [3.63, 3.8) is 0 Å². The van der Waals surface area contributed by atoms with E-state index in [-0.39, 0.29) is 24.3 Å². The van der Waals surface area contributed by atoms with Gasteiger partial charge in [-0.3, -0.25) is 19.2 Å². The highest BCUT2D eigenvalue weighted by molar-refractivity contribution is 7.81. The molecular formula is C21H33N3O5S. The van der Waals surface area contributed by atoms with Gasteiger partial charge in [-0.15, -0.1) is 0 Å². The van der Waals surface area contributed by atoms with Gasteiger partial charge in [0.05, 0.1) is 11.2 Å². The van der Waals surface area contributed by atoms with E-state index in [1.165, 1.54) is 0 Å². The zero-order chi connectivity index (χ0) is 22.0. The van der Waals surface area contributed by atoms with E-state index in [1.807, 2.05) is 13.8 Å². The first kappa shape index (κ1) is 22.9. The Morgan fingerprint density at radius 3 is 2.10 bits per heavy atom. The summed E-state index contributed by atoms with van der Waals surface area (Å²) in [5.41, 5.74) is 0. The van der Waals surface area contributed by atoms with Crippen molar-refractivity contribution in [2.24, 2.45) is 11.8 Å². The molecule has 30 heavy (non-hydrogen) atoms. The van der Waals surface area contributed by atoms with Gasteiger partial charge in [0.15, 0.2) is 0 Å². The topological polar surface area (TPSA) is 98.2 Å². The summed E-state index contributed by atoms with van der Waals surface area (Å²) in [4.78, 5) is 55.3. The van der Waals surface area contributed by atoms with Crippen LogP contribution in [0.25, 0.3) is 0 Å². The van der Waals surface area contributed by atoms with Crippen LogP contribution in [-0.4, -0.2) is 87.0 Å². The molecule has 0 bridgehead atoms. The van der Waals surface area contributed by atoms with Crippen LogP contribution in [-0.2, 0) is 19.2 Å². The number of carboxylic acids is 1. The predicted molar refractivity (Wildman–Crippen MR) is 114 cm³/mol. The van der Waals surface area contributed by atoms with Crippen LogP contribution in [0.4, 0.5) is 0 Å². The Hall–Kier alpha value is -1.77. The lowest BCUT2D eigenvalue weighted by molar-refractivity contribution is -0.149. The third-order valence-electron chi connectivity index (χ3n) is 6.47. The zero-order valence-corrected chi connectivity index (χ0v) is 18.7. The minimum Gasteiger partial charge on any atom is -0.481 e. The second-order valence-corrected chi connectivity index (χ2v) is 9.76. The van der Waals surface area contributed by atoms with E-state index >= 15 is 0 Å². The summed E-state index contributed by atoms with van der Waals surface area (Å²) in [6.07, 6.45) is 3.80. The smallest absolute Gasteiger partial charge is 0.308 e. The molecule has 0 aromatic carbocycles. The Balaban J connectivity index is 1.66. The fourth-order valence-corrected chi connectivity index (χ4v) is 5.45. The van der Waals surface area contributed by atoms with Crippen LogP contribution in [0.2, 0.25) is 0 Å². The van der Waals surface area contributed by atoms with E-state index in [0.29, 0.717) is 51.2 Å². The average Bonchev–Trinajstić information content (AvgIpc) is 3.45. The number of aliphatic carboxylic acids is 1.